The number of rotatable bonds is 5. The molecule has 1 N–H and O–H groups in total. The zero-order valence-corrected chi connectivity index (χ0v) is 23.3. The lowest BCUT2D eigenvalue weighted by atomic mass is 9.99. The van der Waals surface area contributed by atoms with Crippen molar-refractivity contribution in [3.05, 3.63) is 124 Å². The fourth-order valence-electron chi connectivity index (χ4n) is 4.38. The third-order valence-corrected chi connectivity index (χ3v) is 8.11. The van der Waals surface area contributed by atoms with Gasteiger partial charge in [0.2, 0.25) is 0 Å². The van der Waals surface area contributed by atoms with Crippen LogP contribution in [-0.4, -0.2) is 16.3 Å². The lowest BCUT2D eigenvalue weighted by Gasteiger charge is -2.08. The normalized spacial score (nSPS) is 11.5. The lowest BCUT2D eigenvalue weighted by molar-refractivity contribution is 0.474. The summed E-state index contributed by atoms with van der Waals surface area (Å²) in [6.45, 7) is 0. The van der Waals surface area contributed by atoms with E-state index < -0.39 is 0 Å². The molecule has 0 spiro atoms. The second-order valence-corrected chi connectivity index (χ2v) is 11.1. The van der Waals surface area contributed by atoms with Crippen LogP contribution in [0.3, 0.4) is 0 Å². The van der Waals surface area contributed by atoms with E-state index in [0.717, 1.165) is 46.6 Å². The molecule has 0 fully saturated rings. The van der Waals surface area contributed by atoms with E-state index in [1.165, 1.54) is 35.6 Å². The first-order chi connectivity index (χ1) is 19.0. The number of nitrogens with zero attached hydrogens (tertiary/aromatic N) is 2. The lowest BCUT2D eigenvalue weighted by Crippen LogP contribution is -1.86. The van der Waals surface area contributed by atoms with E-state index in [4.69, 9.17) is 9.98 Å². The molecule has 0 amide bonds. The third kappa shape index (κ3) is 5.20. The van der Waals surface area contributed by atoms with Gasteiger partial charge in [0, 0.05) is 32.0 Å². The zero-order valence-electron chi connectivity index (χ0n) is 20.3. The molecule has 0 atom stereocenters. The molecule has 0 aliphatic carbocycles. The molecule has 1 heterocycles. The number of phenols is 1. The molecule has 0 saturated carbocycles. The monoisotopic (exact) mass is 644 g/mol. The summed E-state index contributed by atoms with van der Waals surface area (Å²) in [7, 11) is 0. The smallest absolute Gasteiger partial charge is 0.126 e. The standard InChI is InChI=1S/C32H19F2IN2OS/c33-22-9-5-19(6-10-22)25-14-15-26(20-7-11-23(34)12-8-20)31-30(25)37-32(39-31)27-3-1-2-4-28(27)36-18-21-17-24(35)13-16-29(21)38/h1-18,38H/b36-18+. The Balaban J connectivity index is 1.52. The van der Waals surface area contributed by atoms with Gasteiger partial charge in [0.05, 0.1) is 15.9 Å². The summed E-state index contributed by atoms with van der Waals surface area (Å²) in [6, 6.07) is 29.8. The molecule has 0 bridgehead atoms. The van der Waals surface area contributed by atoms with Gasteiger partial charge in [-0.1, -0.05) is 48.5 Å². The summed E-state index contributed by atoms with van der Waals surface area (Å²) in [5.41, 5.74) is 6.49. The predicted octanol–water partition coefficient (Wildman–Crippen LogP) is 9.64. The SMILES string of the molecule is Oc1ccc(I)cc1/C=N/c1ccccc1-c1nc2c(-c3ccc(F)cc3)ccc(-c3ccc(F)cc3)c2s1. The average molecular weight is 644 g/mol. The summed E-state index contributed by atoms with van der Waals surface area (Å²) in [5, 5.41) is 11.0. The van der Waals surface area contributed by atoms with Gasteiger partial charge < -0.3 is 5.11 Å². The summed E-state index contributed by atoms with van der Waals surface area (Å²) in [5.74, 6) is -0.443. The number of aliphatic imine (C=N–C) groups is 1. The van der Waals surface area contributed by atoms with E-state index in [0.29, 0.717) is 11.3 Å². The van der Waals surface area contributed by atoms with Crippen molar-refractivity contribution >= 4 is 56.0 Å². The van der Waals surface area contributed by atoms with Gasteiger partial charge in [-0.25, -0.2) is 13.8 Å². The first kappa shape index (κ1) is 25.3. The summed E-state index contributed by atoms with van der Waals surface area (Å²) < 4.78 is 29.3. The highest BCUT2D eigenvalue weighted by molar-refractivity contribution is 14.1. The predicted molar refractivity (Wildman–Crippen MR) is 164 cm³/mol. The number of hydrogen-bond donors (Lipinski definition) is 1. The Bertz CT molecular complexity index is 1770. The maximum absolute atomic E-state index is 13.7. The van der Waals surface area contributed by atoms with Crippen LogP contribution in [0.15, 0.2) is 108 Å². The molecular weight excluding hydrogens is 625 g/mol. The van der Waals surface area contributed by atoms with Crippen LogP contribution >= 0.6 is 33.9 Å². The number of fused-ring (bicyclic) bond motifs is 1. The molecule has 39 heavy (non-hydrogen) atoms. The minimum absolute atomic E-state index is 0.157. The van der Waals surface area contributed by atoms with Crippen LogP contribution in [0.25, 0.3) is 43.0 Å². The minimum Gasteiger partial charge on any atom is -0.507 e. The second-order valence-electron chi connectivity index (χ2n) is 8.85. The van der Waals surface area contributed by atoms with Crippen LogP contribution in [0.5, 0.6) is 5.75 Å². The van der Waals surface area contributed by atoms with Gasteiger partial charge in [0.15, 0.2) is 0 Å². The van der Waals surface area contributed by atoms with E-state index in [-0.39, 0.29) is 17.4 Å². The zero-order chi connectivity index (χ0) is 26.9. The summed E-state index contributed by atoms with van der Waals surface area (Å²) >= 11 is 3.72. The van der Waals surface area contributed by atoms with Crippen LogP contribution in [0.1, 0.15) is 5.56 Å². The molecule has 1 aromatic heterocycles. The van der Waals surface area contributed by atoms with E-state index >= 15 is 0 Å². The first-order valence-electron chi connectivity index (χ1n) is 12.0. The van der Waals surface area contributed by atoms with Crippen LogP contribution in [0, 0.1) is 15.2 Å². The van der Waals surface area contributed by atoms with Crippen molar-refractivity contribution in [2.75, 3.05) is 0 Å². The molecule has 0 saturated heterocycles. The van der Waals surface area contributed by atoms with Crippen LogP contribution in [0.2, 0.25) is 0 Å². The summed E-state index contributed by atoms with van der Waals surface area (Å²) in [6.07, 6.45) is 1.65. The van der Waals surface area contributed by atoms with Crippen molar-refractivity contribution < 1.29 is 13.9 Å². The van der Waals surface area contributed by atoms with Gasteiger partial charge in [-0.15, -0.1) is 11.3 Å². The Morgan fingerprint density at radius 1 is 0.744 bits per heavy atom. The van der Waals surface area contributed by atoms with Gasteiger partial charge in [-0.3, -0.25) is 4.99 Å². The molecule has 6 aromatic rings. The number of benzene rings is 5. The fraction of sp³-hybridized carbons (Fsp3) is 0. The Morgan fingerprint density at radius 2 is 1.38 bits per heavy atom. The van der Waals surface area contributed by atoms with Crippen molar-refractivity contribution in [1.29, 1.82) is 0 Å². The topological polar surface area (TPSA) is 45.5 Å². The van der Waals surface area contributed by atoms with E-state index in [2.05, 4.69) is 22.6 Å². The van der Waals surface area contributed by atoms with Crippen molar-refractivity contribution in [3.8, 4) is 38.6 Å². The molecule has 0 unspecified atom stereocenters. The molecule has 0 radical (unpaired) electrons. The molecule has 7 heteroatoms. The van der Waals surface area contributed by atoms with E-state index in [9.17, 15) is 13.9 Å². The Kier molecular flexibility index (Phi) is 6.93. The molecule has 190 valence electrons. The van der Waals surface area contributed by atoms with Crippen LogP contribution in [0.4, 0.5) is 14.5 Å². The molecular formula is C32H19F2IN2OS. The first-order valence-corrected chi connectivity index (χ1v) is 13.9. The van der Waals surface area contributed by atoms with E-state index in [1.807, 2.05) is 48.5 Å². The number of hydrogen-bond acceptors (Lipinski definition) is 4. The molecule has 6 rings (SSSR count). The quantitative estimate of drug-likeness (QED) is 0.150. The van der Waals surface area contributed by atoms with Crippen molar-refractivity contribution in [2.45, 2.75) is 0 Å². The number of aromatic hydroxyl groups is 1. The number of para-hydroxylation sites is 1. The third-order valence-electron chi connectivity index (χ3n) is 6.32. The van der Waals surface area contributed by atoms with Crippen LogP contribution < -0.4 is 0 Å². The van der Waals surface area contributed by atoms with Gasteiger partial charge >= 0.3 is 0 Å². The maximum Gasteiger partial charge on any atom is 0.126 e. The Hall–Kier alpha value is -3.95. The molecule has 3 nitrogen and oxygen atoms in total. The van der Waals surface area contributed by atoms with Crippen molar-refractivity contribution in [1.82, 2.24) is 4.98 Å². The van der Waals surface area contributed by atoms with E-state index in [1.54, 1.807) is 36.5 Å². The highest BCUT2D eigenvalue weighted by atomic mass is 127. The second kappa shape index (κ2) is 10.7. The van der Waals surface area contributed by atoms with Crippen LogP contribution in [-0.2, 0) is 0 Å². The highest BCUT2D eigenvalue weighted by Gasteiger charge is 2.17. The highest BCUT2D eigenvalue weighted by Crippen LogP contribution is 2.43. The molecule has 0 aliphatic rings. The van der Waals surface area contributed by atoms with Gasteiger partial charge in [0.25, 0.3) is 0 Å². The Labute approximate surface area is 241 Å². The number of halogens is 3. The molecule has 0 aliphatic heterocycles. The van der Waals surface area contributed by atoms with Gasteiger partial charge in [-0.05, 0) is 88.3 Å². The number of thiazole rings is 1. The summed E-state index contributed by atoms with van der Waals surface area (Å²) in [4.78, 5) is 9.76. The maximum atomic E-state index is 13.7. The molecule has 5 aromatic carbocycles. The largest absolute Gasteiger partial charge is 0.507 e. The minimum atomic E-state index is -0.303. The number of phenolic OH excluding ortho intramolecular Hbond substituents is 1. The van der Waals surface area contributed by atoms with Gasteiger partial charge in [-0.2, -0.15) is 0 Å². The Morgan fingerprint density at radius 3 is 2.10 bits per heavy atom. The fourth-order valence-corrected chi connectivity index (χ4v) is 6.05. The average Bonchev–Trinajstić information content (AvgIpc) is 3.40. The van der Waals surface area contributed by atoms with Gasteiger partial charge in [0.1, 0.15) is 22.4 Å². The number of aromatic nitrogens is 1. The van der Waals surface area contributed by atoms with Crippen molar-refractivity contribution in [3.63, 3.8) is 0 Å². The van der Waals surface area contributed by atoms with Crippen molar-refractivity contribution in [2.24, 2.45) is 4.99 Å².